The Morgan fingerprint density at radius 2 is 2.37 bits per heavy atom. The monoisotopic (exact) mass is 260 g/mol. The number of nitrogens with zero attached hydrogens (tertiary/aromatic N) is 1. The van der Waals surface area contributed by atoms with Gasteiger partial charge in [0.2, 0.25) is 0 Å². The zero-order chi connectivity index (χ0) is 13.5. The Balaban J connectivity index is 1.74. The van der Waals surface area contributed by atoms with Crippen LogP contribution in [0.15, 0.2) is 41.1 Å². The molecule has 0 unspecified atom stereocenters. The van der Waals surface area contributed by atoms with Gasteiger partial charge in [-0.25, -0.2) is 4.79 Å². The van der Waals surface area contributed by atoms with Crippen molar-refractivity contribution in [1.82, 2.24) is 10.3 Å². The third-order valence-electron chi connectivity index (χ3n) is 2.66. The Bertz CT molecular complexity index is 522. The molecule has 2 aromatic rings. The van der Waals surface area contributed by atoms with Gasteiger partial charge in [-0.05, 0) is 18.2 Å². The van der Waals surface area contributed by atoms with Gasteiger partial charge in [0.1, 0.15) is 12.0 Å². The summed E-state index contributed by atoms with van der Waals surface area (Å²) in [6, 6.07) is 7.54. The van der Waals surface area contributed by atoms with E-state index < -0.39 is 0 Å². The Labute approximate surface area is 111 Å². The SMILES string of the molecule is COC(=O)c1coc(CNCCc2ccccn2)c1. The van der Waals surface area contributed by atoms with Crippen molar-refractivity contribution in [2.45, 2.75) is 13.0 Å². The summed E-state index contributed by atoms with van der Waals surface area (Å²) in [7, 11) is 1.35. The van der Waals surface area contributed by atoms with Crippen LogP contribution in [0.2, 0.25) is 0 Å². The number of nitrogens with one attached hydrogen (secondary N) is 1. The van der Waals surface area contributed by atoms with Crippen molar-refractivity contribution >= 4 is 5.97 Å². The second-order valence-corrected chi connectivity index (χ2v) is 4.04. The van der Waals surface area contributed by atoms with Crippen molar-refractivity contribution in [2.24, 2.45) is 0 Å². The largest absolute Gasteiger partial charge is 0.467 e. The lowest BCUT2D eigenvalue weighted by molar-refractivity contribution is 0.0600. The van der Waals surface area contributed by atoms with Gasteiger partial charge >= 0.3 is 5.97 Å². The number of aromatic nitrogens is 1. The minimum Gasteiger partial charge on any atom is -0.467 e. The standard InChI is InChI=1S/C14H16N2O3/c1-18-14(17)11-8-13(19-10-11)9-15-7-5-12-4-2-3-6-16-12/h2-4,6,8,10,15H,5,7,9H2,1H3. The summed E-state index contributed by atoms with van der Waals surface area (Å²) in [6.07, 6.45) is 4.04. The van der Waals surface area contributed by atoms with E-state index in [0.717, 1.165) is 18.7 Å². The van der Waals surface area contributed by atoms with Gasteiger partial charge in [0, 0.05) is 24.9 Å². The molecule has 1 N–H and O–H groups in total. The number of carbonyl (C=O) groups is 1. The molecule has 2 rings (SSSR count). The fourth-order valence-corrected chi connectivity index (χ4v) is 1.67. The number of hydrogen-bond acceptors (Lipinski definition) is 5. The van der Waals surface area contributed by atoms with Crippen molar-refractivity contribution in [3.63, 3.8) is 0 Å². The van der Waals surface area contributed by atoms with E-state index in [1.54, 1.807) is 12.3 Å². The van der Waals surface area contributed by atoms with Crippen molar-refractivity contribution in [3.8, 4) is 0 Å². The molecule has 0 spiro atoms. The number of carbonyl (C=O) groups excluding carboxylic acids is 1. The van der Waals surface area contributed by atoms with Gasteiger partial charge in [-0.2, -0.15) is 0 Å². The molecule has 0 bridgehead atoms. The zero-order valence-electron chi connectivity index (χ0n) is 10.8. The fourth-order valence-electron chi connectivity index (χ4n) is 1.67. The van der Waals surface area contributed by atoms with Gasteiger partial charge in [0.15, 0.2) is 0 Å². The first kappa shape index (κ1) is 13.3. The topological polar surface area (TPSA) is 64.4 Å². The molecular formula is C14H16N2O3. The molecular weight excluding hydrogens is 244 g/mol. The first-order valence-electron chi connectivity index (χ1n) is 6.06. The quantitative estimate of drug-likeness (QED) is 0.633. The predicted molar refractivity (Wildman–Crippen MR) is 69.7 cm³/mol. The van der Waals surface area contributed by atoms with Crippen LogP contribution in [0.25, 0.3) is 0 Å². The number of rotatable bonds is 6. The molecule has 0 amide bonds. The molecule has 2 aromatic heterocycles. The lowest BCUT2D eigenvalue weighted by Crippen LogP contribution is -2.16. The van der Waals surface area contributed by atoms with Crippen molar-refractivity contribution < 1.29 is 13.9 Å². The lowest BCUT2D eigenvalue weighted by Gasteiger charge is -2.01. The van der Waals surface area contributed by atoms with E-state index in [1.165, 1.54) is 13.4 Å². The average molecular weight is 260 g/mol. The first-order valence-corrected chi connectivity index (χ1v) is 6.06. The third-order valence-corrected chi connectivity index (χ3v) is 2.66. The predicted octanol–water partition coefficient (Wildman–Crippen LogP) is 1.79. The van der Waals surface area contributed by atoms with Crippen LogP contribution in [0.4, 0.5) is 0 Å². The van der Waals surface area contributed by atoms with E-state index >= 15 is 0 Å². The molecule has 100 valence electrons. The summed E-state index contributed by atoms with van der Waals surface area (Å²) < 4.78 is 9.87. The zero-order valence-corrected chi connectivity index (χ0v) is 10.8. The Morgan fingerprint density at radius 1 is 1.47 bits per heavy atom. The van der Waals surface area contributed by atoms with Gasteiger partial charge in [-0.1, -0.05) is 6.07 Å². The van der Waals surface area contributed by atoms with Crippen LogP contribution >= 0.6 is 0 Å². The van der Waals surface area contributed by atoms with E-state index in [1.807, 2.05) is 18.2 Å². The van der Waals surface area contributed by atoms with Crippen LogP contribution in [0.1, 0.15) is 21.8 Å². The van der Waals surface area contributed by atoms with Crippen molar-refractivity contribution in [3.05, 3.63) is 53.7 Å². The van der Waals surface area contributed by atoms with Gasteiger partial charge in [-0.3, -0.25) is 4.98 Å². The molecule has 0 radical (unpaired) electrons. The highest BCUT2D eigenvalue weighted by atomic mass is 16.5. The lowest BCUT2D eigenvalue weighted by atomic mass is 10.2. The molecule has 0 aliphatic heterocycles. The number of ether oxygens (including phenoxy) is 1. The summed E-state index contributed by atoms with van der Waals surface area (Å²) in [5.74, 6) is 0.324. The third kappa shape index (κ3) is 3.93. The highest BCUT2D eigenvalue weighted by molar-refractivity contribution is 5.88. The number of esters is 1. The van der Waals surface area contributed by atoms with Crippen molar-refractivity contribution in [2.75, 3.05) is 13.7 Å². The van der Waals surface area contributed by atoms with Crippen LogP contribution in [-0.2, 0) is 17.7 Å². The van der Waals surface area contributed by atoms with Crippen LogP contribution in [0, 0.1) is 0 Å². The van der Waals surface area contributed by atoms with E-state index in [-0.39, 0.29) is 5.97 Å². The van der Waals surface area contributed by atoms with Crippen LogP contribution < -0.4 is 5.32 Å². The van der Waals surface area contributed by atoms with E-state index in [2.05, 4.69) is 15.0 Å². The van der Waals surface area contributed by atoms with Gasteiger partial charge in [0.25, 0.3) is 0 Å². The average Bonchev–Trinajstić information content (AvgIpc) is 2.93. The number of methoxy groups -OCH3 is 1. The summed E-state index contributed by atoms with van der Waals surface area (Å²) in [4.78, 5) is 15.5. The molecule has 0 aromatic carbocycles. The highest BCUT2D eigenvalue weighted by Crippen LogP contribution is 2.08. The van der Waals surface area contributed by atoms with Gasteiger partial charge in [-0.15, -0.1) is 0 Å². The molecule has 0 aliphatic carbocycles. The molecule has 0 aliphatic rings. The maximum atomic E-state index is 11.2. The van der Waals surface area contributed by atoms with Gasteiger partial charge in [0.05, 0.1) is 19.2 Å². The van der Waals surface area contributed by atoms with E-state index in [9.17, 15) is 4.79 Å². The minimum atomic E-state index is -0.386. The Kier molecular flexibility index (Phi) is 4.69. The minimum absolute atomic E-state index is 0.386. The van der Waals surface area contributed by atoms with Crippen LogP contribution in [-0.4, -0.2) is 24.6 Å². The maximum absolute atomic E-state index is 11.2. The molecule has 0 saturated heterocycles. The van der Waals surface area contributed by atoms with E-state index in [0.29, 0.717) is 17.9 Å². The van der Waals surface area contributed by atoms with E-state index in [4.69, 9.17) is 4.42 Å². The molecule has 0 saturated carbocycles. The molecule has 19 heavy (non-hydrogen) atoms. The second-order valence-electron chi connectivity index (χ2n) is 4.04. The van der Waals surface area contributed by atoms with Crippen molar-refractivity contribution in [1.29, 1.82) is 0 Å². The second kappa shape index (κ2) is 6.70. The highest BCUT2D eigenvalue weighted by Gasteiger charge is 2.09. The summed E-state index contributed by atoms with van der Waals surface area (Å²) in [6.45, 7) is 1.37. The molecule has 0 atom stereocenters. The van der Waals surface area contributed by atoms with Crippen LogP contribution in [0.5, 0.6) is 0 Å². The number of pyridine rings is 1. The normalized spacial score (nSPS) is 10.4. The molecule has 5 nitrogen and oxygen atoms in total. The Hall–Kier alpha value is -2.14. The molecule has 5 heteroatoms. The first-order chi connectivity index (χ1) is 9.29. The van der Waals surface area contributed by atoms with Crippen LogP contribution in [0.3, 0.4) is 0 Å². The number of furan rings is 1. The fraction of sp³-hybridized carbons (Fsp3) is 0.286. The van der Waals surface area contributed by atoms with Gasteiger partial charge < -0.3 is 14.5 Å². The molecule has 0 fully saturated rings. The Morgan fingerprint density at radius 3 is 3.11 bits per heavy atom. The summed E-state index contributed by atoms with van der Waals surface area (Å²) in [5.41, 5.74) is 1.48. The summed E-state index contributed by atoms with van der Waals surface area (Å²) in [5, 5.41) is 3.23. The summed E-state index contributed by atoms with van der Waals surface area (Å²) >= 11 is 0. The smallest absolute Gasteiger partial charge is 0.341 e. The number of hydrogen-bond donors (Lipinski definition) is 1. The molecule has 2 heterocycles. The maximum Gasteiger partial charge on any atom is 0.341 e.